The average Bonchev–Trinajstić information content (AvgIpc) is 2.32. The van der Waals surface area contributed by atoms with Crippen LogP contribution in [0.2, 0.25) is 0 Å². The second-order valence-corrected chi connectivity index (χ2v) is 5.44. The van der Waals surface area contributed by atoms with E-state index in [4.69, 9.17) is 0 Å². The van der Waals surface area contributed by atoms with Gasteiger partial charge in [0.25, 0.3) is 0 Å². The second-order valence-electron chi connectivity index (χ2n) is 3.47. The van der Waals surface area contributed by atoms with Gasteiger partial charge in [-0.15, -0.1) is 0 Å². The number of nitrogens with zero attached hydrogens (tertiary/aromatic N) is 1. The van der Waals surface area contributed by atoms with Crippen molar-refractivity contribution in [3.8, 4) is 0 Å². The minimum Gasteiger partial charge on any atom is -0.294 e. The lowest BCUT2D eigenvalue weighted by Gasteiger charge is -2.06. The first-order valence-corrected chi connectivity index (χ1v) is 6.67. The third-order valence-corrected chi connectivity index (χ3v) is 3.69. The maximum Gasteiger partial charge on any atom is 0.160 e. The topological polar surface area (TPSA) is 30.0 Å². The number of Topliss-reactive ketones (excluding diaryl/α,β-unsaturated/α-hetero) is 1. The van der Waals surface area contributed by atoms with Gasteiger partial charge in [-0.3, -0.25) is 4.79 Å². The quantitative estimate of drug-likeness (QED) is 0.796. The Bertz CT molecular complexity index is 542. The smallest absolute Gasteiger partial charge is 0.160 e. The molecule has 0 fully saturated rings. The number of carbonyl (C=O) groups excluding carboxylic acids is 1. The predicted octanol–water partition coefficient (Wildman–Crippen LogP) is 4.20. The summed E-state index contributed by atoms with van der Waals surface area (Å²) in [4.78, 5) is 16.7. The van der Waals surface area contributed by atoms with E-state index in [1.54, 1.807) is 13.1 Å². The molecule has 0 amide bonds. The average molecular weight is 308 g/mol. The van der Waals surface area contributed by atoms with Gasteiger partial charge in [-0.25, -0.2) is 4.98 Å². The molecule has 1 aromatic heterocycles. The summed E-state index contributed by atoms with van der Waals surface area (Å²) in [6, 6.07) is 11.4. The molecule has 86 valence electrons. The van der Waals surface area contributed by atoms with Gasteiger partial charge >= 0.3 is 0 Å². The van der Waals surface area contributed by atoms with Gasteiger partial charge in [-0.2, -0.15) is 0 Å². The van der Waals surface area contributed by atoms with E-state index in [-0.39, 0.29) is 5.78 Å². The molecule has 4 heteroatoms. The third-order valence-electron chi connectivity index (χ3n) is 2.17. The molecule has 0 atom stereocenters. The molecule has 17 heavy (non-hydrogen) atoms. The summed E-state index contributed by atoms with van der Waals surface area (Å²) in [5.41, 5.74) is 0.718. The van der Waals surface area contributed by atoms with Crippen LogP contribution in [0, 0.1) is 0 Å². The monoisotopic (exact) mass is 307 g/mol. The fraction of sp³-hybridized carbons (Fsp3) is 0.0769. The van der Waals surface area contributed by atoms with Crippen LogP contribution in [0.1, 0.15) is 17.3 Å². The van der Waals surface area contributed by atoms with Crippen LogP contribution in [0.15, 0.2) is 57.0 Å². The normalized spacial score (nSPS) is 10.2. The highest BCUT2D eigenvalue weighted by atomic mass is 79.9. The fourth-order valence-electron chi connectivity index (χ4n) is 1.39. The van der Waals surface area contributed by atoms with Crippen molar-refractivity contribution in [2.24, 2.45) is 0 Å². The number of benzene rings is 1. The van der Waals surface area contributed by atoms with Crippen molar-refractivity contribution in [1.82, 2.24) is 4.98 Å². The SMILES string of the molecule is CC(=O)c1cc(Br)ccc1Sc1ccccn1. The van der Waals surface area contributed by atoms with Crippen molar-refractivity contribution in [3.05, 3.63) is 52.6 Å². The van der Waals surface area contributed by atoms with E-state index < -0.39 is 0 Å². The lowest BCUT2D eigenvalue weighted by atomic mass is 10.1. The zero-order valence-electron chi connectivity index (χ0n) is 9.18. The van der Waals surface area contributed by atoms with Crippen LogP contribution in [0.4, 0.5) is 0 Å². The van der Waals surface area contributed by atoms with Crippen LogP contribution >= 0.6 is 27.7 Å². The Hall–Kier alpha value is -1.13. The van der Waals surface area contributed by atoms with Crippen LogP contribution in [-0.4, -0.2) is 10.8 Å². The summed E-state index contributed by atoms with van der Waals surface area (Å²) in [5, 5.41) is 0.886. The number of ketones is 1. The minimum absolute atomic E-state index is 0.0599. The molecule has 0 saturated heterocycles. The molecule has 0 spiro atoms. The first kappa shape index (κ1) is 12.3. The van der Waals surface area contributed by atoms with Gasteiger partial charge in [0, 0.05) is 21.1 Å². The summed E-state index contributed by atoms with van der Waals surface area (Å²) in [7, 11) is 0. The van der Waals surface area contributed by atoms with E-state index in [0.29, 0.717) is 0 Å². The number of pyridine rings is 1. The molecule has 0 N–H and O–H groups in total. The van der Waals surface area contributed by atoms with E-state index in [2.05, 4.69) is 20.9 Å². The molecule has 0 aliphatic carbocycles. The summed E-state index contributed by atoms with van der Waals surface area (Å²) in [6.45, 7) is 1.57. The summed E-state index contributed by atoms with van der Waals surface area (Å²) >= 11 is 4.87. The molecule has 0 saturated carbocycles. The molecule has 1 aromatic carbocycles. The van der Waals surface area contributed by atoms with Crippen LogP contribution in [0.5, 0.6) is 0 Å². The number of halogens is 1. The third kappa shape index (κ3) is 3.17. The van der Waals surface area contributed by atoms with E-state index >= 15 is 0 Å². The van der Waals surface area contributed by atoms with Crippen molar-refractivity contribution >= 4 is 33.5 Å². The van der Waals surface area contributed by atoms with Crippen molar-refractivity contribution in [1.29, 1.82) is 0 Å². The maximum absolute atomic E-state index is 11.6. The number of hydrogen-bond donors (Lipinski definition) is 0. The van der Waals surface area contributed by atoms with Crippen molar-refractivity contribution in [3.63, 3.8) is 0 Å². The summed E-state index contributed by atoms with van der Waals surface area (Å²) < 4.78 is 0.910. The van der Waals surface area contributed by atoms with Gasteiger partial charge in [-0.05, 0) is 37.3 Å². The Morgan fingerprint density at radius 3 is 2.76 bits per heavy atom. The molecule has 0 aliphatic heterocycles. The Morgan fingerprint density at radius 1 is 1.29 bits per heavy atom. The Labute approximate surface area is 113 Å². The number of rotatable bonds is 3. The Balaban J connectivity index is 2.36. The summed E-state index contributed by atoms with van der Waals surface area (Å²) in [5.74, 6) is 0.0599. The molecular formula is C13H10BrNOS. The second kappa shape index (κ2) is 5.47. The van der Waals surface area contributed by atoms with Gasteiger partial charge in [0.2, 0.25) is 0 Å². The number of hydrogen-bond acceptors (Lipinski definition) is 3. The minimum atomic E-state index is 0.0599. The van der Waals surface area contributed by atoms with Crippen molar-refractivity contribution in [2.75, 3.05) is 0 Å². The van der Waals surface area contributed by atoms with Crippen LogP contribution in [-0.2, 0) is 0 Å². The molecule has 2 aromatic rings. The standard InChI is InChI=1S/C13H10BrNOS/c1-9(16)11-8-10(14)5-6-12(11)17-13-4-2-3-7-15-13/h2-8H,1H3. The Morgan fingerprint density at radius 2 is 2.12 bits per heavy atom. The molecule has 2 nitrogen and oxygen atoms in total. The lowest BCUT2D eigenvalue weighted by Crippen LogP contribution is -1.95. The molecule has 2 rings (SSSR count). The first-order chi connectivity index (χ1) is 8.16. The van der Waals surface area contributed by atoms with E-state index in [9.17, 15) is 4.79 Å². The predicted molar refractivity (Wildman–Crippen MR) is 72.5 cm³/mol. The van der Waals surface area contributed by atoms with Crippen LogP contribution in [0.3, 0.4) is 0 Å². The lowest BCUT2D eigenvalue weighted by molar-refractivity contribution is 0.101. The van der Waals surface area contributed by atoms with Crippen molar-refractivity contribution in [2.45, 2.75) is 16.8 Å². The number of aromatic nitrogens is 1. The van der Waals surface area contributed by atoms with Gasteiger partial charge in [0.15, 0.2) is 5.78 Å². The highest BCUT2D eigenvalue weighted by molar-refractivity contribution is 9.10. The summed E-state index contributed by atoms with van der Waals surface area (Å²) in [6.07, 6.45) is 1.74. The highest BCUT2D eigenvalue weighted by Gasteiger charge is 2.09. The van der Waals surface area contributed by atoms with Gasteiger partial charge in [0.1, 0.15) is 5.03 Å². The van der Waals surface area contributed by atoms with Gasteiger partial charge in [0.05, 0.1) is 0 Å². The molecular weight excluding hydrogens is 298 g/mol. The van der Waals surface area contributed by atoms with Crippen LogP contribution in [0.25, 0.3) is 0 Å². The van der Waals surface area contributed by atoms with Crippen LogP contribution < -0.4 is 0 Å². The fourth-order valence-corrected chi connectivity index (χ4v) is 2.68. The van der Waals surface area contributed by atoms with Crippen molar-refractivity contribution < 1.29 is 4.79 Å². The van der Waals surface area contributed by atoms with Gasteiger partial charge in [-0.1, -0.05) is 33.8 Å². The zero-order chi connectivity index (χ0) is 12.3. The molecule has 0 aliphatic rings. The van der Waals surface area contributed by atoms with Gasteiger partial charge < -0.3 is 0 Å². The van der Waals surface area contributed by atoms with E-state index in [0.717, 1.165) is 20.0 Å². The zero-order valence-corrected chi connectivity index (χ0v) is 11.6. The first-order valence-electron chi connectivity index (χ1n) is 5.06. The largest absolute Gasteiger partial charge is 0.294 e. The maximum atomic E-state index is 11.6. The molecule has 0 unspecified atom stereocenters. The van der Waals surface area contributed by atoms with E-state index in [1.165, 1.54) is 11.8 Å². The van der Waals surface area contributed by atoms with E-state index in [1.807, 2.05) is 36.4 Å². The molecule has 1 heterocycles. The molecule has 0 radical (unpaired) electrons. The number of carbonyl (C=O) groups is 1. The highest BCUT2D eigenvalue weighted by Crippen LogP contribution is 2.30. The Kier molecular flexibility index (Phi) is 3.97. The molecule has 0 bridgehead atoms.